The third kappa shape index (κ3) is 2.05. The second kappa shape index (κ2) is 4.39. The summed E-state index contributed by atoms with van der Waals surface area (Å²) in [6.45, 7) is 1.78. The highest BCUT2D eigenvalue weighted by atomic mass is 16.1. The number of nitrogens with two attached hydrogens (primary N) is 1. The zero-order valence-electron chi connectivity index (χ0n) is 9.43. The number of nitrogens with zero attached hydrogens (tertiary/aromatic N) is 1. The fourth-order valence-corrected chi connectivity index (χ4v) is 1.71. The van der Waals surface area contributed by atoms with Crippen molar-refractivity contribution in [1.29, 1.82) is 0 Å². The van der Waals surface area contributed by atoms with Crippen molar-refractivity contribution in [3.63, 3.8) is 0 Å². The molecule has 0 aliphatic heterocycles. The molecule has 1 aromatic carbocycles. The minimum absolute atomic E-state index is 0.0372. The van der Waals surface area contributed by atoms with Gasteiger partial charge < -0.3 is 10.7 Å². The van der Waals surface area contributed by atoms with E-state index in [1.54, 1.807) is 30.5 Å². The van der Waals surface area contributed by atoms with Gasteiger partial charge in [-0.05, 0) is 19.1 Å². The van der Waals surface area contributed by atoms with Crippen molar-refractivity contribution in [2.45, 2.75) is 6.92 Å². The topological polar surface area (TPSA) is 80.9 Å². The summed E-state index contributed by atoms with van der Waals surface area (Å²) in [6, 6.07) is 6.86. The van der Waals surface area contributed by atoms with Gasteiger partial charge in [-0.2, -0.15) is 0 Å². The van der Waals surface area contributed by atoms with E-state index in [2.05, 4.69) is 4.98 Å². The smallest absolute Gasteiger partial charge is 0.324 e. The number of hydrogen-bond donors (Lipinski definition) is 2. The summed E-state index contributed by atoms with van der Waals surface area (Å²) in [5.41, 5.74) is 7.04. The van der Waals surface area contributed by atoms with E-state index in [0.29, 0.717) is 11.3 Å². The Balaban J connectivity index is 2.54. The van der Waals surface area contributed by atoms with Gasteiger partial charge in [-0.15, -0.1) is 0 Å². The number of hydrogen-bond acceptors (Lipinski definition) is 3. The number of ketones is 1. The summed E-state index contributed by atoms with van der Waals surface area (Å²) in [5, 5.41) is 0. The minimum atomic E-state index is -0.222. The molecule has 1 heterocycles. The molecule has 0 radical (unpaired) electrons. The van der Waals surface area contributed by atoms with Crippen LogP contribution < -0.4 is 11.4 Å². The number of nitrogens with one attached hydrogen (secondary N) is 1. The number of aryl methyl sites for hydroxylation is 1. The Kier molecular flexibility index (Phi) is 2.93. The molecule has 0 fully saturated rings. The molecule has 0 bridgehead atoms. The number of carbonyl (C=O) groups is 1. The van der Waals surface area contributed by atoms with Crippen LogP contribution in [0.1, 0.15) is 16.1 Å². The molecule has 0 saturated carbocycles. The molecule has 5 heteroatoms. The Morgan fingerprint density at radius 3 is 2.82 bits per heavy atom. The SMILES string of the molecule is Cc1c[nH]c(=O)n1-c1cccc(C(=O)CN)c1. The maximum absolute atomic E-state index is 11.6. The lowest BCUT2D eigenvalue weighted by Gasteiger charge is -2.05. The minimum Gasteiger partial charge on any atom is -0.324 e. The van der Waals surface area contributed by atoms with Crippen LogP contribution in [0.3, 0.4) is 0 Å². The normalized spacial score (nSPS) is 10.5. The number of imidazole rings is 1. The molecule has 1 aromatic heterocycles. The van der Waals surface area contributed by atoms with E-state index >= 15 is 0 Å². The lowest BCUT2D eigenvalue weighted by molar-refractivity contribution is 0.100. The van der Waals surface area contributed by atoms with Gasteiger partial charge in [0.2, 0.25) is 0 Å². The van der Waals surface area contributed by atoms with Crippen molar-refractivity contribution in [1.82, 2.24) is 9.55 Å². The van der Waals surface area contributed by atoms with Gasteiger partial charge in [0.25, 0.3) is 0 Å². The average Bonchev–Trinajstić information content (AvgIpc) is 2.68. The van der Waals surface area contributed by atoms with Gasteiger partial charge >= 0.3 is 5.69 Å². The zero-order chi connectivity index (χ0) is 12.4. The second-order valence-electron chi connectivity index (χ2n) is 3.75. The molecule has 0 spiro atoms. The summed E-state index contributed by atoms with van der Waals surface area (Å²) in [7, 11) is 0. The highest BCUT2D eigenvalue weighted by Crippen LogP contribution is 2.11. The van der Waals surface area contributed by atoms with Crippen molar-refractivity contribution in [3.8, 4) is 5.69 Å². The molecule has 0 amide bonds. The number of carbonyl (C=O) groups excluding carboxylic acids is 1. The van der Waals surface area contributed by atoms with Gasteiger partial charge in [-0.25, -0.2) is 4.79 Å². The Labute approximate surface area is 97.9 Å². The van der Waals surface area contributed by atoms with Crippen molar-refractivity contribution in [2.75, 3.05) is 6.54 Å². The van der Waals surface area contributed by atoms with Crippen LogP contribution >= 0.6 is 0 Å². The molecular formula is C12H13N3O2. The second-order valence-corrected chi connectivity index (χ2v) is 3.75. The number of Topliss-reactive ketones (excluding diaryl/α,β-unsaturated/α-hetero) is 1. The third-order valence-electron chi connectivity index (χ3n) is 2.57. The highest BCUT2D eigenvalue weighted by molar-refractivity contribution is 5.97. The third-order valence-corrected chi connectivity index (χ3v) is 2.57. The molecule has 0 aliphatic carbocycles. The molecule has 0 aliphatic rings. The summed E-state index contributed by atoms with van der Waals surface area (Å²) in [5.74, 6) is -0.145. The average molecular weight is 231 g/mol. The van der Waals surface area contributed by atoms with E-state index in [-0.39, 0.29) is 18.0 Å². The van der Waals surface area contributed by atoms with Crippen LogP contribution in [0.4, 0.5) is 0 Å². The molecular weight excluding hydrogens is 218 g/mol. The van der Waals surface area contributed by atoms with Crippen LogP contribution in [0.2, 0.25) is 0 Å². The molecule has 0 unspecified atom stereocenters. The van der Waals surface area contributed by atoms with E-state index in [1.807, 2.05) is 6.92 Å². The Bertz CT molecular complexity index is 610. The lowest BCUT2D eigenvalue weighted by atomic mass is 10.1. The van der Waals surface area contributed by atoms with Crippen LogP contribution in [-0.2, 0) is 0 Å². The molecule has 0 saturated heterocycles. The van der Waals surface area contributed by atoms with E-state index in [0.717, 1.165) is 5.69 Å². The first-order chi connectivity index (χ1) is 8.13. The summed E-state index contributed by atoms with van der Waals surface area (Å²) < 4.78 is 1.51. The van der Waals surface area contributed by atoms with Crippen LogP contribution in [0.5, 0.6) is 0 Å². The van der Waals surface area contributed by atoms with Gasteiger partial charge in [0.05, 0.1) is 12.2 Å². The molecule has 88 valence electrons. The highest BCUT2D eigenvalue weighted by Gasteiger charge is 2.08. The van der Waals surface area contributed by atoms with Gasteiger partial charge in [0, 0.05) is 17.5 Å². The molecule has 2 aromatic rings. The van der Waals surface area contributed by atoms with Crippen molar-refractivity contribution < 1.29 is 4.79 Å². The summed E-state index contributed by atoms with van der Waals surface area (Å²) >= 11 is 0. The van der Waals surface area contributed by atoms with Gasteiger partial charge in [-0.3, -0.25) is 9.36 Å². The Morgan fingerprint density at radius 1 is 1.47 bits per heavy atom. The Morgan fingerprint density at radius 2 is 2.24 bits per heavy atom. The quantitative estimate of drug-likeness (QED) is 0.760. The first kappa shape index (κ1) is 11.3. The number of aromatic nitrogens is 2. The summed E-state index contributed by atoms with van der Waals surface area (Å²) in [4.78, 5) is 25.7. The fraction of sp³-hybridized carbons (Fsp3) is 0.167. The van der Waals surface area contributed by atoms with E-state index in [1.165, 1.54) is 4.57 Å². The maximum Gasteiger partial charge on any atom is 0.330 e. The Hall–Kier alpha value is -2.14. The predicted octanol–water partition coefficient (Wildman–Crippen LogP) is 0.615. The molecule has 0 atom stereocenters. The van der Waals surface area contributed by atoms with Crippen molar-refractivity contribution in [3.05, 3.63) is 52.2 Å². The molecule has 5 nitrogen and oxygen atoms in total. The lowest BCUT2D eigenvalue weighted by Crippen LogP contribution is -2.17. The molecule has 3 N–H and O–H groups in total. The van der Waals surface area contributed by atoms with E-state index < -0.39 is 0 Å². The van der Waals surface area contributed by atoms with Gasteiger partial charge in [0.1, 0.15) is 0 Å². The van der Waals surface area contributed by atoms with Crippen LogP contribution in [0, 0.1) is 6.92 Å². The van der Waals surface area contributed by atoms with E-state index in [9.17, 15) is 9.59 Å². The zero-order valence-corrected chi connectivity index (χ0v) is 9.43. The molecule has 2 rings (SSSR count). The predicted molar refractivity (Wildman–Crippen MR) is 64.5 cm³/mol. The first-order valence-electron chi connectivity index (χ1n) is 5.24. The molecule has 17 heavy (non-hydrogen) atoms. The van der Waals surface area contributed by atoms with Gasteiger partial charge in [0.15, 0.2) is 5.78 Å². The number of H-pyrrole nitrogens is 1. The maximum atomic E-state index is 11.6. The van der Waals surface area contributed by atoms with Crippen molar-refractivity contribution >= 4 is 5.78 Å². The van der Waals surface area contributed by atoms with Crippen molar-refractivity contribution in [2.24, 2.45) is 5.73 Å². The standard InChI is InChI=1S/C12H13N3O2/c1-8-7-14-12(17)15(8)10-4-2-3-9(5-10)11(16)6-13/h2-5,7H,6,13H2,1H3,(H,14,17). The number of aromatic amines is 1. The number of rotatable bonds is 3. The summed E-state index contributed by atoms with van der Waals surface area (Å²) in [6.07, 6.45) is 1.62. The number of benzene rings is 1. The van der Waals surface area contributed by atoms with Crippen LogP contribution in [0.25, 0.3) is 5.69 Å². The first-order valence-corrected chi connectivity index (χ1v) is 5.24. The van der Waals surface area contributed by atoms with E-state index in [4.69, 9.17) is 5.73 Å². The largest absolute Gasteiger partial charge is 0.330 e. The van der Waals surface area contributed by atoms with Crippen LogP contribution in [0.15, 0.2) is 35.3 Å². The van der Waals surface area contributed by atoms with Crippen LogP contribution in [-0.4, -0.2) is 21.9 Å². The van der Waals surface area contributed by atoms with Gasteiger partial charge in [-0.1, -0.05) is 12.1 Å². The monoisotopic (exact) mass is 231 g/mol. The fourth-order valence-electron chi connectivity index (χ4n) is 1.71.